The molecule has 0 unspecified atom stereocenters. The van der Waals surface area contributed by atoms with E-state index >= 15 is 0 Å². The summed E-state index contributed by atoms with van der Waals surface area (Å²) in [5, 5.41) is 9.25. The second-order valence-electron chi connectivity index (χ2n) is 7.92. The van der Waals surface area contributed by atoms with E-state index in [1.165, 1.54) is 17.0 Å². The third kappa shape index (κ3) is 9.39. The van der Waals surface area contributed by atoms with Crippen molar-refractivity contribution in [2.75, 3.05) is 19.4 Å². The summed E-state index contributed by atoms with van der Waals surface area (Å²) in [6.07, 6.45) is 0.00529. The van der Waals surface area contributed by atoms with Crippen LogP contribution >= 0.6 is 0 Å². The Kier molecular flexibility index (Phi) is 8.81. The molecule has 1 heterocycles. The van der Waals surface area contributed by atoms with Crippen molar-refractivity contribution < 1.29 is 40.2 Å². The first-order valence-electron chi connectivity index (χ1n) is 9.04. The van der Waals surface area contributed by atoms with Crippen molar-refractivity contribution in [2.24, 2.45) is 0 Å². The molecule has 12 heteroatoms. The van der Waals surface area contributed by atoms with Gasteiger partial charge in [-0.25, -0.2) is 4.79 Å². The summed E-state index contributed by atoms with van der Waals surface area (Å²) in [6.45, 7) is 6.88. The summed E-state index contributed by atoms with van der Waals surface area (Å²) in [5.41, 5.74) is 0.310. The zero-order chi connectivity index (χ0) is 23.3. The third-order valence-electron chi connectivity index (χ3n) is 3.84. The number of carbonyl (C=O) groups is 1. The largest absolute Gasteiger partial charge is 0.444 e. The average Bonchev–Trinajstić information content (AvgIpc) is 2.94. The van der Waals surface area contributed by atoms with Crippen LogP contribution in [0.1, 0.15) is 32.8 Å². The second-order valence-corrected chi connectivity index (χ2v) is 10.9. The van der Waals surface area contributed by atoms with Gasteiger partial charge >= 0.3 is 6.09 Å². The smallest absolute Gasteiger partial charge is 0.410 e. The van der Waals surface area contributed by atoms with Crippen LogP contribution in [0, 0.1) is 6.92 Å². The first kappa shape index (κ1) is 26.3. The molecule has 2 rings (SSSR count). The van der Waals surface area contributed by atoms with E-state index < -0.39 is 44.1 Å². The molecule has 0 saturated carbocycles. The van der Waals surface area contributed by atoms with Gasteiger partial charge < -0.3 is 14.7 Å². The second kappa shape index (κ2) is 10.1. The quantitative estimate of drug-likeness (QED) is 0.497. The highest BCUT2D eigenvalue weighted by molar-refractivity contribution is 7.86. The molecule has 1 aliphatic rings. The first-order chi connectivity index (χ1) is 13.5. The van der Waals surface area contributed by atoms with Crippen LogP contribution in [0.3, 0.4) is 0 Å². The zero-order valence-electron chi connectivity index (χ0n) is 17.6. The lowest BCUT2D eigenvalue weighted by Gasteiger charge is -2.27. The maximum Gasteiger partial charge on any atom is 0.410 e. The standard InChI is InChI=1S/C11H21NO6S.C7H8O3S/c1-11(2,3)17-10(14)12-6-9(5-8(12)7-13)18-19(4,15)16;1-6-2-4-7(5-3-6)11(8,9)10/h8-9,13H,5-7H2,1-4H3;2-5H,1H3,(H,8,9,10)/t8-,9+;/m0./s1. The summed E-state index contributed by atoms with van der Waals surface area (Å²) in [6, 6.07) is 5.50. The van der Waals surface area contributed by atoms with Gasteiger partial charge in [-0.2, -0.15) is 16.8 Å². The molecule has 10 nitrogen and oxygen atoms in total. The number of hydrogen-bond donors (Lipinski definition) is 2. The van der Waals surface area contributed by atoms with Crippen LogP contribution in [0.4, 0.5) is 4.79 Å². The maximum absolute atomic E-state index is 11.9. The molecule has 172 valence electrons. The number of likely N-dealkylation sites (tertiary alicyclic amines) is 1. The summed E-state index contributed by atoms with van der Waals surface area (Å²) in [7, 11) is -7.60. The highest BCUT2D eigenvalue weighted by Crippen LogP contribution is 2.23. The Hall–Kier alpha value is -1.73. The number of carbonyl (C=O) groups excluding carboxylic acids is 1. The fraction of sp³-hybridized carbons (Fsp3) is 0.611. The lowest BCUT2D eigenvalue weighted by molar-refractivity contribution is 0.0166. The topological polar surface area (TPSA) is 148 Å². The number of ether oxygens (including phenoxy) is 1. The van der Waals surface area contributed by atoms with Gasteiger partial charge in [0.1, 0.15) is 5.60 Å². The monoisotopic (exact) mass is 467 g/mol. The molecule has 0 aliphatic carbocycles. The fourth-order valence-corrected chi connectivity index (χ4v) is 3.73. The number of rotatable bonds is 4. The highest BCUT2D eigenvalue weighted by atomic mass is 32.2. The van der Waals surface area contributed by atoms with Gasteiger partial charge in [0.05, 0.1) is 36.4 Å². The van der Waals surface area contributed by atoms with Crippen molar-refractivity contribution in [3.8, 4) is 0 Å². The number of aliphatic hydroxyl groups is 1. The minimum atomic E-state index is -4.02. The van der Waals surface area contributed by atoms with E-state index in [9.17, 15) is 26.7 Å². The fourth-order valence-electron chi connectivity index (χ4n) is 2.62. The number of hydrogen-bond acceptors (Lipinski definition) is 8. The summed E-state index contributed by atoms with van der Waals surface area (Å²) in [5.74, 6) is 0. The molecule has 1 aromatic rings. The number of nitrogens with zero attached hydrogens (tertiary/aromatic N) is 1. The van der Waals surface area contributed by atoms with Gasteiger partial charge in [0, 0.05) is 0 Å². The van der Waals surface area contributed by atoms with Crippen LogP contribution < -0.4 is 0 Å². The number of aliphatic hydroxyl groups excluding tert-OH is 1. The molecule has 1 aromatic carbocycles. The van der Waals surface area contributed by atoms with Crippen LogP contribution in [0.25, 0.3) is 0 Å². The Morgan fingerprint density at radius 3 is 2.10 bits per heavy atom. The highest BCUT2D eigenvalue weighted by Gasteiger charge is 2.39. The molecule has 2 N–H and O–H groups in total. The molecule has 0 bridgehead atoms. The minimum Gasteiger partial charge on any atom is -0.444 e. The molecule has 0 aromatic heterocycles. The van der Waals surface area contributed by atoms with Gasteiger partial charge in [-0.05, 0) is 46.2 Å². The van der Waals surface area contributed by atoms with Crippen molar-refractivity contribution in [3.05, 3.63) is 29.8 Å². The lowest BCUT2D eigenvalue weighted by atomic mass is 10.2. The first-order valence-corrected chi connectivity index (χ1v) is 12.3. The summed E-state index contributed by atoms with van der Waals surface area (Å²) < 4.78 is 61.7. The van der Waals surface area contributed by atoms with Crippen LogP contribution in [-0.2, 0) is 29.2 Å². The van der Waals surface area contributed by atoms with Gasteiger partial charge in [0.2, 0.25) is 0 Å². The van der Waals surface area contributed by atoms with Gasteiger partial charge in [-0.15, -0.1) is 0 Å². The van der Waals surface area contributed by atoms with Gasteiger partial charge in [-0.1, -0.05) is 17.7 Å². The van der Waals surface area contributed by atoms with E-state index in [0.717, 1.165) is 11.8 Å². The molecule has 1 amide bonds. The number of amides is 1. The van der Waals surface area contributed by atoms with Crippen LogP contribution in [0.2, 0.25) is 0 Å². The molecule has 1 saturated heterocycles. The molecule has 1 aliphatic heterocycles. The molecular formula is C18H29NO9S2. The van der Waals surface area contributed by atoms with E-state index in [2.05, 4.69) is 0 Å². The predicted molar refractivity (Wildman–Crippen MR) is 109 cm³/mol. The van der Waals surface area contributed by atoms with Crippen molar-refractivity contribution >= 4 is 26.3 Å². The zero-order valence-corrected chi connectivity index (χ0v) is 19.2. The Balaban J connectivity index is 0.000000346. The van der Waals surface area contributed by atoms with Crippen molar-refractivity contribution in [3.63, 3.8) is 0 Å². The predicted octanol–water partition coefficient (Wildman–Crippen LogP) is 1.57. The van der Waals surface area contributed by atoms with Crippen molar-refractivity contribution in [1.29, 1.82) is 0 Å². The van der Waals surface area contributed by atoms with Gasteiger partial charge in [0.15, 0.2) is 0 Å². The van der Waals surface area contributed by atoms with Crippen LogP contribution in [-0.4, -0.2) is 74.6 Å². The lowest BCUT2D eigenvalue weighted by Crippen LogP contribution is -2.41. The van der Waals surface area contributed by atoms with E-state index in [1.807, 2.05) is 6.92 Å². The molecule has 2 atom stereocenters. The molecule has 30 heavy (non-hydrogen) atoms. The molecular weight excluding hydrogens is 438 g/mol. The number of benzene rings is 1. The Morgan fingerprint density at radius 2 is 1.70 bits per heavy atom. The van der Waals surface area contributed by atoms with Crippen LogP contribution in [0.5, 0.6) is 0 Å². The van der Waals surface area contributed by atoms with Crippen LogP contribution in [0.15, 0.2) is 29.2 Å². The Bertz CT molecular complexity index is 919. The van der Waals surface area contributed by atoms with E-state index in [4.69, 9.17) is 13.5 Å². The number of aryl methyl sites for hydroxylation is 1. The third-order valence-corrected chi connectivity index (χ3v) is 5.33. The van der Waals surface area contributed by atoms with Gasteiger partial charge in [-0.3, -0.25) is 8.74 Å². The van der Waals surface area contributed by atoms with E-state index in [-0.39, 0.29) is 24.5 Å². The van der Waals surface area contributed by atoms with Gasteiger partial charge in [0.25, 0.3) is 20.2 Å². The maximum atomic E-state index is 11.9. The normalized spacial score (nSPS) is 19.8. The molecule has 0 radical (unpaired) electrons. The Labute approximate surface area is 177 Å². The molecule has 0 spiro atoms. The summed E-state index contributed by atoms with van der Waals surface area (Å²) in [4.78, 5) is 13.2. The van der Waals surface area contributed by atoms with Crippen molar-refractivity contribution in [1.82, 2.24) is 4.90 Å². The Morgan fingerprint density at radius 1 is 1.17 bits per heavy atom. The van der Waals surface area contributed by atoms with Crippen molar-refractivity contribution in [2.45, 2.75) is 56.8 Å². The minimum absolute atomic E-state index is 0.0666. The SMILES string of the molecule is CC(C)(C)OC(=O)N1C[C@H](OS(C)(=O)=O)C[C@H]1CO.Cc1ccc(S(=O)(=O)O)cc1. The summed E-state index contributed by atoms with van der Waals surface area (Å²) >= 11 is 0. The van der Waals surface area contributed by atoms with E-state index in [1.54, 1.807) is 32.9 Å². The average molecular weight is 468 g/mol. The molecule has 1 fully saturated rings. The van der Waals surface area contributed by atoms with E-state index in [0.29, 0.717) is 0 Å².